The number of aliphatic hydroxyl groups is 2. The van der Waals surface area contributed by atoms with E-state index < -0.39 is 17.7 Å². The summed E-state index contributed by atoms with van der Waals surface area (Å²) < 4.78 is 5.89. The summed E-state index contributed by atoms with van der Waals surface area (Å²) in [6, 6.07) is 43.8. The van der Waals surface area contributed by atoms with Gasteiger partial charge in [0.15, 0.2) is 5.78 Å². The van der Waals surface area contributed by atoms with Crippen LogP contribution in [0.5, 0.6) is 5.75 Å². The molecule has 8 rings (SSSR count). The first-order chi connectivity index (χ1) is 31.1. The van der Waals surface area contributed by atoms with Gasteiger partial charge in [0.05, 0.1) is 18.2 Å². The first-order valence-electron chi connectivity index (χ1n) is 21.8. The lowest BCUT2D eigenvalue weighted by Crippen LogP contribution is -2.40. The lowest BCUT2D eigenvalue weighted by Gasteiger charge is -2.33. The number of esters is 1. The number of hydrogen-bond donors (Lipinski definition) is 5. The summed E-state index contributed by atoms with van der Waals surface area (Å²) in [4.78, 5) is 48.3. The second-order valence-corrected chi connectivity index (χ2v) is 16.5. The topological polar surface area (TPSA) is 165 Å². The number of nitrogens with one attached hydrogen (secondary N) is 2. The average Bonchev–Trinajstić information content (AvgIpc) is 3.34. The Balaban J connectivity index is 0.00000630. The number of aromatic nitrogens is 2. The number of hydrogen-bond acceptors (Lipinski definition) is 10. The van der Waals surface area contributed by atoms with Crippen LogP contribution < -0.4 is 10.9 Å². The van der Waals surface area contributed by atoms with E-state index in [1.54, 1.807) is 66.9 Å². The minimum Gasteiger partial charge on any atom is -0.506 e. The number of benzene rings is 5. The highest BCUT2D eigenvalue weighted by atomic mass is 32.1. The Morgan fingerprint density at radius 2 is 1.48 bits per heavy atom. The Hall–Kier alpha value is -6.41. The van der Waals surface area contributed by atoms with Crippen molar-refractivity contribution in [3.63, 3.8) is 0 Å². The van der Waals surface area contributed by atoms with Crippen LogP contribution >= 0.6 is 13.5 Å². The number of fused-ring (bicyclic) bond motifs is 1. The normalized spacial score (nSPS) is 14.6. The van der Waals surface area contributed by atoms with Gasteiger partial charge in [0.25, 0.3) is 0 Å². The second kappa shape index (κ2) is 21.5. The van der Waals surface area contributed by atoms with Gasteiger partial charge in [-0.15, -0.1) is 0 Å². The van der Waals surface area contributed by atoms with Gasteiger partial charge in [0.2, 0.25) is 11.2 Å². The fourth-order valence-electron chi connectivity index (χ4n) is 8.39. The number of Topliss-reactive ketones (excluding diaryl/α,β-unsaturated/α-hetero) is 1. The maximum Gasteiger partial charge on any atom is 0.347 e. The minimum absolute atomic E-state index is 0. The van der Waals surface area contributed by atoms with Crippen molar-refractivity contribution in [2.45, 2.75) is 50.5 Å². The molecular formula is C53H54N4O7S. The van der Waals surface area contributed by atoms with E-state index in [1.165, 1.54) is 17.7 Å². The molecule has 0 saturated carbocycles. The number of ether oxygens (including phenoxy) is 1. The molecule has 2 atom stereocenters. The first-order valence-corrected chi connectivity index (χ1v) is 21.8. The highest BCUT2D eigenvalue weighted by Gasteiger charge is 2.42. The number of piperidine rings is 1. The van der Waals surface area contributed by atoms with E-state index in [1.807, 2.05) is 48.5 Å². The zero-order valence-corrected chi connectivity index (χ0v) is 37.0. The van der Waals surface area contributed by atoms with Gasteiger partial charge in [-0.3, -0.25) is 19.5 Å². The molecule has 1 aliphatic heterocycles. The smallest absolute Gasteiger partial charge is 0.347 e. The van der Waals surface area contributed by atoms with Gasteiger partial charge in [-0.1, -0.05) is 121 Å². The molecule has 334 valence electrons. The van der Waals surface area contributed by atoms with Crippen LogP contribution in [0.15, 0.2) is 157 Å². The zero-order valence-electron chi connectivity index (χ0n) is 36.0. The lowest BCUT2D eigenvalue weighted by molar-refractivity contribution is -0.164. The number of H-pyrrole nitrogens is 1. The molecule has 3 heterocycles. The standard InChI is InChI=1S/C53H52N4O7.H2S/c58-47(40-13-11-36(12-14-40)31-54-33-49(60)45-22-25-48(59)51-46(45)23-26-50(61)56-51)24-21-44-20-17-41(32-55-44)39-15-18-43(19-16-39)53(63,42-9-5-2-6-10-42)52(62)64-35-38-27-29-57(30-28-38)34-37-7-3-1-4-8-37;/h1-20,22-23,25-26,32,38,49,54,59-60,63H,21,24,27-31,33-35H2,(H,56,61);1H2/t49-,53-;/m0./s1. The van der Waals surface area contributed by atoms with Crippen LogP contribution in [0.3, 0.4) is 0 Å². The maximum atomic E-state index is 13.8. The molecule has 12 heteroatoms. The van der Waals surface area contributed by atoms with Gasteiger partial charge in [-0.05, 0) is 89.8 Å². The Morgan fingerprint density at radius 1 is 0.800 bits per heavy atom. The number of likely N-dealkylation sites (tertiary alicyclic amines) is 1. The van der Waals surface area contributed by atoms with Crippen molar-refractivity contribution < 1.29 is 29.6 Å². The predicted octanol–water partition coefficient (Wildman–Crippen LogP) is 7.74. The number of aromatic hydroxyl groups is 1. The zero-order chi connectivity index (χ0) is 44.5. The summed E-state index contributed by atoms with van der Waals surface area (Å²) in [6.45, 7) is 3.71. The number of rotatable bonds is 17. The number of phenolic OH excluding ortho intramolecular Hbond substituents is 1. The van der Waals surface area contributed by atoms with E-state index in [2.05, 4.69) is 44.5 Å². The average molecular weight is 891 g/mol. The number of nitrogens with zero attached hydrogens (tertiary/aromatic N) is 2. The van der Waals surface area contributed by atoms with E-state index in [0.717, 1.165) is 54.9 Å². The highest BCUT2D eigenvalue weighted by Crippen LogP contribution is 2.34. The Labute approximate surface area is 385 Å². The third-order valence-electron chi connectivity index (χ3n) is 12.2. The molecule has 7 aromatic rings. The van der Waals surface area contributed by atoms with Gasteiger partial charge in [0, 0.05) is 60.5 Å². The van der Waals surface area contributed by atoms with Crippen molar-refractivity contribution in [2.24, 2.45) is 5.92 Å². The van der Waals surface area contributed by atoms with Crippen molar-refractivity contribution in [1.82, 2.24) is 20.2 Å². The number of carbonyl (C=O) groups is 2. The molecule has 0 amide bonds. The van der Waals surface area contributed by atoms with Gasteiger partial charge in [-0.25, -0.2) is 4.79 Å². The third-order valence-corrected chi connectivity index (χ3v) is 12.2. The van der Waals surface area contributed by atoms with Crippen LogP contribution in [0.2, 0.25) is 0 Å². The Bertz CT molecular complexity index is 2730. The van der Waals surface area contributed by atoms with Crippen molar-refractivity contribution >= 4 is 36.2 Å². The summed E-state index contributed by atoms with van der Waals surface area (Å²) in [7, 11) is 0. The molecular weight excluding hydrogens is 837 g/mol. The van der Waals surface area contributed by atoms with Crippen molar-refractivity contribution in [3.8, 4) is 16.9 Å². The van der Waals surface area contributed by atoms with Gasteiger partial charge in [0.1, 0.15) is 5.75 Å². The molecule has 0 bridgehead atoms. The fourth-order valence-corrected chi connectivity index (χ4v) is 8.39. The first kappa shape index (κ1) is 46.6. The van der Waals surface area contributed by atoms with Crippen LogP contribution in [0.4, 0.5) is 0 Å². The van der Waals surface area contributed by atoms with Gasteiger partial charge >= 0.3 is 5.97 Å². The van der Waals surface area contributed by atoms with Crippen molar-refractivity contribution in [1.29, 1.82) is 0 Å². The van der Waals surface area contributed by atoms with Gasteiger partial charge < -0.3 is 30.4 Å². The summed E-state index contributed by atoms with van der Waals surface area (Å²) in [5, 5.41) is 36.9. The summed E-state index contributed by atoms with van der Waals surface area (Å²) in [5.74, 6) is -0.532. The Morgan fingerprint density at radius 3 is 2.17 bits per heavy atom. The second-order valence-electron chi connectivity index (χ2n) is 16.5. The summed E-state index contributed by atoms with van der Waals surface area (Å²) in [6.07, 6.45) is 3.48. The fraction of sp³-hybridized carbons (Fsp3) is 0.245. The van der Waals surface area contributed by atoms with Crippen molar-refractivity contribution in [3.05, 3.63) is 201 Å². The van der Waals surface area contributed by atoms with Crippen LogP contribution in [0.1, 0.15) is 69.2 Å². The number of aliphatic hydroxyl groups excluding tert-OH is 1. The molecule has 2 aromatic heterocycles. The number of pyridine rings is 2. The molecule has 5 N–H and O–H groups in total. The third kappa shape index (κ3) is 11.3. The number of ketones is 1. The molecule has 0 unspecified atom stereocenters. The summed E-state index contributed by atoms with van der Waals surface area (Å²) in [5.41, 5.74) is 4.73. The van der Waals surface area contributed by atoms with Gasteiger partial charge in [-0.2, -0.15) is 13.5 Å². The van der Waals surface area contributed by atoms with E-state index >= 15 is 0 Å². The molecule has 0 radical (unpaired) electrons. The predicted molar refractivity (Wildman–Crippen MR) is 257 cm³/mol. The molecule has 11 nitrogen and oxygen atoms in total. The quantitative estimate of drug-likeness (QED) is 0.0452. The number of carbonyl (C=O) groups excluding carboxylic acids is 2. The van der Waals surface area contributed by atoms with E-state index in [-0.39, 0.29) is 61.6 Å². The molecule has 0 aliphatic carbocycles. The van der Waals surface area contributed by atoms with Crippen LogP contribution in [-0.4, -0.2) is 68.2 Å². The van der Waals surface area contributed by atoms with Crippen LogP contribution in [-0.2, 0) is 34.6 Å². The van der Waals surface area contributed by atoms with Crippen molar-refractivity contribution in [2.75, 3.05) is 26.2 Å². The van der Waals surface area contributed by atoms with E-state index in [0.29, 0.717) is 40.6 Å². The number of aromatic amines is 1. The Kier molecular flexibility index (Phi) is 15.4. The van der Waals surface area contributed by atoms with E-state index in [9.17, 15) is 29.7 Å². The molecule has 0 spiro atoms. The molecule has 5 aromatic carbocycles. The largest absolute Gasteiger partial charge is 0.506 e. The maximum absolute atomic E-state index is 13.8. The minimum atomic E-state index is -1.99. The van der Waals surface area contributed by atoms with E-state index in [4.69, 9.17) is 4.74 Å². The number of phenols is 1. The molecule has 1 saturated heterocycles. The number of aryl methyl sites for hydroxylation is 1. The molecule has 1 fully saturated rings. The SMILES string of the molecule is O=C(CCc1ccc(-c2ccc([C@](O)(C(=O)OCC3CCN(Cc4ccccc4)CC3)c3ccccc3)cc2)cn1)c1ccc(CNC[C@H](O)c2ccc(O)c3[nH]c(=O)ccc23)cc1.S. The molecule has 1 aliphatic rings. The van der Waals surface area contributed by atoms with Crippen LogP contribution in [0, 0.1) is 5.92 Å². The highest BCUT2D eigenvalue weighted by molar-refractivity contribution is 7.59. The lowest BCUT2D eigenvalue weighted by atomic mass is 9.85. The van der Waals surface area contributed by atoms with Crippen LogP contribution in [0.25, 0.3) is 22.0 Å². The molecule has 65 heavy (non-hydrogen) atoms. The monoisotopic (exact) mass is 890 g/mol. The summed E-state index contributed by atoms with van der Waals surface area (Å²) >= 11 is 0.